The largest absolute Gasteiger partial charge is 0.497 e. The van der Waals surface area contributed by atoms with E-state index < -0.39 is 6.04 Å². The Hall–Kier alpha value is -3.12. The van der Waals surface area contributed by atoms with Crippen LogP contribution in [0.3, 0.4) is 0 Å². The van der Waals surface area contributed by atoms with Gasteiger partial charge in [-0.1, -0.05) is 70.5 Å². The summed E-state index contributed by atoms with van der Waals surface area (Å²) in [7, 11) is 1.61. The second-order valence-electron chi connectivity index (χ2n) is 7.78. The van der Waals surface area contributed by atoms with Gasteiger partial charge in [-0.25, -0.2) is 0 Å². The second-order valence-corrected chi connectivity index (χ2v) is 8.69. The number of hydrogen-bond donors (Lipinski definition) is 1. The van der Waals surface area contributed by atoms with Gasteiger partial charge in [0.2, 0.25) is 11.8 Å². The van der Waals surface area contributed by atoms with E-state index in [2.05, 4.69) is 21.2 Å². The van der Waals surface area contributed by atoms with Gasteiger partial charge < -0.3 is 15.0 Å². The van der Waals surface area contributed by atoms with Gasteiger partial charge in [-0.15, -0.1) is 0 Å². The Morgan fingerprint density at radius 2 is 1.64 bits per heavy atom. The molecule has 6 heteroatoms. The molecule has 0 saturated heterocycles. The van der Waals surface area contributed by atoms with Crippen LogP contribution in [0.25, 0.3) is 0 Å². The molecule has 0 spiro atoms. The van der Waals surface area contributed by atoms with Crippen molar-refractivity contribution in [3.8, 4) is 5.75 Å². The van der Waals surface area contributed by atoms with Gasteiger partial charge in [-0.05, 0) is 47.9 Å². The van der Waals surface area contributed by atoms with E-state index in [0.717, 1.165) is 26.9 Å². The van der Waals surface area contributed by atoms with Crippen LogP contribution in [0.15, 0.2) is 83.3 Å². The summed E-state index contributed by atoms with van der Waals surface area (Å²) in [6.45, 7) is 2.72. The van der Waals surface area contributed by atoms with Crippen molar-refractivity contribution < 1.29 is 14.3 Å². The molecular formula is C27H29BrN2O3. The smallest absolute Gasteiger partial charge is 0.243 e. The van der Waals surface area contributed by atoms with E-state index in [-0.39, 0.29) is 18.2 Å². The molecule has 0 fully saturated rings. The minimum atomic E-state index is -0.628. The number of ether oxygens (including phenoxy) is 1. The van der Waals surface area contributed by atoms with Crippen molar-refractivity contribution in [1.29, 1.82) is 0 Å². The van der Waals surface area contributed by atoms with Gasteiger partial charge in [0.15, 0.2) is 0 Å². The van der Waals surface area contributed by atoms with Crippen LogP contribution in [-0.2, 0) is 29.0 Å². The first kappa shape index (κ1) is 24.5. The third kappa shape index (κ3) is 7.19. The standard InChI is InChI=1S/C27H29BrN2O3/c1-3-29-27(32)25(17-20-8-5-4-6-9-20)30(19-22-10-7-11-23(28)16-22)26(31)18-21-12-14-24(33-2)15-13-21/h4-16,25H,3,17-19H2,1-2H3,(H,29,32). The number of hydrogen-bond acceptors (Lipinski definition) is 3. The van der Waals surface area contributed by atoms with E-state index in [1.165, 1.54) is 0 Å². The van der Waals surface area contributed by atoms with E-state index in [1.807, 2.05) is 85.8 Å². The maximum Gasteiger partial charge on any atom is 0.243 e. The topological polar surface area (TPSA) is 58.6 Å². The zero-order valence-electron chi connectivity index (χ0n) is 19.0. The molecule has 0 heterocycles. The lowest BCUT2D eigenvalue weighted by Gasteiger charge is -2.31. The van der Waals surface area contributed by atoms with E-state index >= 15 is 0 Å². The molecule has 5 nitrogen and oxygen atoms in total. The molecule has 1 unspecified atom stereocenters. The van der Waals surface area contributed by atoms with E-state index in [4.69, 9.17) is 4.74 Å². The number of likely N-dealkylation sites (N-methyl/N-ethyl adjacent to an activating group) is 1. The second kappa shape index (κ2) is 12.2. The number of carbonyl (C=O) groups excluding carboxylic acids is 2. The first-order valence-corrected chi connectivity index (χ1v) is 11.8. The number of benzene rings is 3. The van der Waals surface area contributed by atoms with Gasteiger partial charge in [-0.3, -0.25) is 9.59 Å². The third-order valence-electron chi connectivity index (χ3n) is 5.38. The quantitative estimate of drug-likeness (QED) is 0.428. The van der Waals surface area contributed by atoms with Gasteiger partial charge in [0.05, 0.1) is 13.5 Å². The summed E-state index contributed by atoms with van der Waals surface area (Å²) in [6.07, 6.45) is 0.637. The van der Waals surface area contributed by atoms with Crippen LogP contribution >= 0.6 is 15.9 Å². The lowest BCUT2D eigenvalue weighted by molar-refractivity contribution is -0.140. The highest BCUT2D eigenvalue weighted by molar-refractivity contribution is 9.10. The van der Waals surface area contributed by atoms with Crippen LogP contribution in [0.1, 0.15) is 23.6 Å². The number of carbonyl (C=O) groups is 2. The Morgan fingerprint density at radius 1 is 0.939 bits per heavy atom. The number of rotatable bonds is 10. The van der Waals surface area contributed by atoms with E-state index in [9.17, 15) is 9.59 Å². The van der Waals surface area contributed by atoms with E-state index in [0.29, 0.717) is 19.5 Å². The SMILES string of the molecule is CCNC(=O)C(Cc1ccccc1)N(Cc1cccc(Br)c1)C(=O)Cc1ccc(OC)cc1. The van der Waals surface area contributed by atoms with Crippen molar-refractivity contribution in [3.05, 3.63) is 100 Å². The van der Waals surface area contributed by atoms with Crippen molar-refractivity contribution in [2.24, 2.45) is 0 Å². The minimum absolute atomic E-state index is 0.104. The number of halogens is 1. The van der Waals surface area contributed by atoms with Crippen LogP contribution in [0.5, 0.6) is 5.75 Å². The fraction of sp³-hybridized carbons (Fsp3) is 0.259. The Morgan fingerprint density at radius 3 is 2.27 bits per heavy atom. The first-order valence-electron chi connectivity index (χ1n) is 11.0. The average Bonchev–Trinajstić information content (AvgIpc) is 2.82. The molecular weight excluding hydrogens is 480 g/mol. The fourth-order valence-electron chi connectivity index (χ4n) is 3.70. The first-order chi connectivity index (χ1) is 16.0. The van der Waals surface area contributed by atoms with Crippen molar-refractivity contribution in [2.75, 3.05) is 13.7 Å². The molecule has 3 rings (SSSR count). The maximum absolute atomic E-state index is 13.6. The summed E-state index contributed by atoms with van der Waals surface area (Å²) in [5, 5.41) is 2.92. The molecule has 0 bridgehead atoms. The van der Waals surface area contributed by atoms with Crippen LogP contribution in [0, 0.1) is 0 Å². The lowest BCUT2D eigenvalue weighted by Crippen LogP contribution is -2.50. The van der Waals surface area contributed by atoms with Crippen molar-refractivity contribution in [2.45, 2.75) is 32.4 Å². The summed E-state index contributed by atoms with van der Waals surface area (Å²) in [4.78, 5) is 28.5. The number of methoxy groups -OCH3 is 1. The summed E-state index contributed by atoms with van der Waals surface area (Å²) >= 11 is 3.51. The molecule has 0 radical (unpaired) electrons. The third-order valence-corrected chi connectivity index (χ3v) is 5.87. The highest BCUT2D eigenvalue weighted by Crippen LogP contribution is 2.20. The number of nitrogens with zero attached hydrogens (tertiary/aromatic N) is 1. The van der Waals surface area contributed by atoms with Crippen LogP contribution in [0.2, 0.25) is 0 Å². The molecule has 0 aromatic heterocycles. The van der Waals surface area contributed by atoms with Crippen LogP contribution in [-0.4, -0.2) is 36.4 Å². The highest BCUT2D eigenvalue weighted by atomic mass is 79.9. The highest BCUT2D eigenvalue weighted by Gasteiger charge is 2.30. The number of amides is 2. The molecule has 0 aliphatic rings. The Bertz CT molecular complexity index is 1050. The van der Waals surface area contributed by atoms with Crippen LogP contribution < -0.4 is 10.1 Å². The Balaban J connectivity index is 1.93. The molecule has 3 aromatic rings. The summed E-state index contributed by atoms with van der Waals surface area (Å²) < 4.78 is 6.15. The monoisotopic (exact) mass is 508 g/mol. The van der Waals surface area contributed by atoms with Crippen molar-refractivity contribution in [3.63, 3.8) is 0 Å². The van der Waals surface area contributed by atoms with Gasteiger partial charge in [0, 0.05) is 24.0 Å². The molecule has 3 aromatic carbocycles. The van der Waals surface area contributed by atoms with Crippen molar-refractivity contribution in [1.82, 2.24) is 10.2 Å². The molecule has 0 aliphatic heterocycles. The Labute approximate surface area is 203 Å². The van der Waals surface area contributed by atoms with E-state index in [1.54, 1.807) is 12.0 Å². The average molecular weight is 509 g/mol. The Kier molecular flexibility index (Phi) is 9.07. The summed E-state index contributed by atoms with van der Waals surface area (Å²) in [6, 6.07) is 24.4. The van der Waals surface area contributed by atoms with Gasteiger partial charge >= 0.3 is 0 Å². The predicted molar refractivity (Wildman–Crippen MR) is 134 cm³/mol. The fourth-order valence-corrected chi connectivity index (χ4v) is 4.14. The molecule has 1 atom stereocenters. The lowest BCUT2D eigenvalue weighted by atomic mass is 10.0. The number of nitrogens with one attached hydrogen (secondary N) is 1. The predicted octanol–water partition coefficient (Wildman–Crippen LogP) is 4.78. The molecule has 2 amide bonds. The minimum Gasteiger partial charge on any atom is -0.497 e. The molecule has 0 aliphatic carbocycles. The van der Waals surface area contributed by atoms with Gasteiger partial charge in [0.25, 0.3) is 0 Å². The van der Waals surface area contributed by atoms with Gasteiger partial charge in [-0.2, -0.15) is 0 Å². The zero-order chi connectivity index (χ0) is 23.6. The molecule has 0 saturated carbocycles. The summed E-state index contributed by atoms with van der Waals surface area (Å²) in [5.74, 6) is 0.480. The van der Waals surface area contributed by atoms with Crippen molar-refractivity contribution >= 4 is 27.7 Å². The molecule has 33 heavy (non-hydrogen) atoms. The normalized spacial score (nSPS) is 11.5. The van der Waals surface area contributed by atoms with Crippen LogP contribution in [0.4, 0.5) is 0 Å². The zero-order valence-corrected chi connectivity index (χ0v) is 20.5. The molecule has 1 N–H and O–H groups in total. The molecule has 172 valence electrons. The maximum atomic E-state index is 13.6. The van der Waals surface area contributed by atoms with Gasteiger partial charge in [0.1, 0.15) is 11.8 Å². The summed E-state index contributed by atoms with van der Waals surface area (Å²) in [5.41, 5.74) is 2.83.